The van der Waals surface area contributed by atoms with Crippen molar-refractivity contribution in [2.24, 2.45) is 0 Å². The Balaban J connectivity index is 1.35. The molecule has 0 heterocycles. The molecule has 0 aliphatic heterocycles. The largest absolute Gasteiger partial charge is 0.333 e. The summed E-state index contributed by atoms with van der Waals surface area (Å²) >= 11 is 0. The van der Waals surface area contributed by atoms with Crippen molar-refractivity contribution in [1.82, 2.24) is 0 Å². The maximum atomic E-state index is 2.61. The summed E-state index contributed by atoms with van der Waals surface area (Å²) in [5.74, 6) is 0. The van der Waals surface area contributed by atoms with E-state index in [-0.39, 0.29) is 6.04 Å². The van der Waals surface area contributed by atoms with Gasteiger partial charge in [0.05, 0.1) is 6.04 Å². The van der Waals surface area contributed by atoms with Crippen LogP contribution in [0.1, 0.15) is 54.1 Å². The molecule has 0 amide bonds. The highest BCUT2D eigenvalue weighted by Crippen LogP contribution is 2.56. The van der Waals surface area contributed by atoms with E-state index < -0.39 is 0 Å². The van der Waals surface area contributed by atoms with E-state index in [1.165, 1.54) is 88.9 Å². The molecule has 0 N–H and O–H groups in total. The average molecular weight is 576 g/mol. The lowest BCUT2D eigenvalue weighted by atomic mass is 9.83. The van der Waals surface area contributed by atoms with Crippen molar-refractivity contribution in [2.45, 2.75) is 26.3 Å². The Labute approximate surface area is 265 Å². The van der Waals surface area contributed by atoms with Gasteiger partial charge in [-0.05, 0) is 111 Å². The van der Waals surface area contributed by atoms with Crippen LogP contribution in [0.25, 0.3) is 55.8 Å². The number of fused-ring (bicyclic) bond motifs is 7. The predicted octanol–water partition coefficient (Wildman–Crippen LogP) is 12.1. The second kappa shape index (κ2) is 10.1. The van der Waals surface area contributed by atoms with Gasteiger partial charge in [-0.15, -0.1) is 0 Å². The molecule has 0 fully saturated rings. The number of rotatable bonds is 3. The molecule has 0 radical (unpaired) electrons. The van der Waals surface area contributed by atoms with Gasteiger partial charge in [0.1, 0.15) is 0 Å². The van der Waals surface area contributed by atoms with Gasteiger partial charge in [-0.25, -0.2) is 0 Å². The van der Waals surface area contributed by atoms with E-state index >= 15 is 0 Å². The summed E-state index contributed by atoms with van der Waals surface area (Å²) in [6.07, 6.45) is 7.89. The molecule has 6 aromatic rings. The molecule has 6 aromatic carbocycles. The van der Waals surface area contributed by atoms with Crippen molar-refractivity contribution in [2.75, 3.05) is 4.90 Å². The van der Waals surface area contributed by atoms with Gasteiger partial charge < -0.3 is 4.90 Å². The molecule has 214 valence electrons. The van der Waals surface area contributed by atoms with Crippen LogP contribution in [0.2, 0.25) is 0 Å². The van der Waals surface area contributed by atoms with E-state index in [9.17, 15) is 0 Å². The molecule has 9 rings (SSSR count). The highest BCUT2D eigenvalue weighted by atomic mass is 15.2. The van der Waals surface area contributed by atoms with E-state index in [1.54, 1.807) is 0 Å². The Bertz CT molecular complexity index is 2270. The van der Waals surface area contributed by atoms with Crippen LogP contribution in [-0.4, -0.2) is 0 Å². The monoisotopic (exact) mass is 575 g/mol. The fourth-order valence-corrected chi connectivity index (χ4v) is 8.13. The van der Waals surface area contributed by atoms with E-state index in [2.05, 4.69) is 164 Å². The first-order chi connectivity index (χ1) is 22.2. The SMILES string of the molecule is C/C=C1\C2=C(C)c3ccccc3-c3c1cccc3-c1ccc(N(c3cccc4ccccc34)C3CC=Cc4ccccc43)cc12. The van der Waals surface area contributed by atoms with Crippen LogP contribution in [0.15, 0.2) is 140 Å². The van der Waals surface area contributed by atoms with E-state index in [1.807, 2.05) is 0 Å². The first kappa shape index (κ1) is 26.0. The zero-order chi connectivity index (χ0) is 30.1. The molecule has 1 unspecified atom stereocenters. The lowest BCUT2D eigenvalue weighted by Gasteiger charge is -2.37. The van der Waals surface area contributed by atoms with Gasteiger partial charge in [-0.2, -0.15) is 0 Å². The van der Waals surface area contributed by atoms with Crippen LogP contribution in [0, 0.1) is 0 Å². The summed E-state index contributed by atoms with van der Waals surface area (Å²) in [4.78, 5) is 2.61. The minimum atomic E-state index is 0.167. The first-order valence-electron chi connectivity index (χ1n) is 16.0. The average Bonchev–Trinajstić information content (AvgIpc) is 3.24. The Kier molecular flexibility index (Phi) is 5.83. The van der Waals surface area contributed by atoms with Gasteiger partial charge in [0.2, 0.25) is 0 Å². The first-order valence-corrected chi connectivity index (χ1v) is 16.0. The molecule has 0 saturated heterocycles. The topological polar surface area (TPSA) is 3.24 Å². The summed E-state index contributed by atoms with van der Waals surface area (Å²) in [6.45, 7) is 4.51. The fraction of sp³-hybridized carbons (Fsp3) is 0.0909. The number of benzene rings is 6. The minimum absolute atomic E-state index is 0.167. The maximum Gasteiger partial charge on any atom is 0.0632 e. The molecule has 3 aliphatic carbocycles. The van der Waals surface area contributed by atoms with Crippen LogP contribution >= 0.6 is 0 Å². The Morgan fingerprint density at radius 2 is 1.38 bits per heavy atom. The van der Waals surface area contributed by atoms with Crippen molar-refractivity contribution < 1.29 is 0 Å². The lowest BCUT2D eigenvalue weighted by molar-refractivity contribution is 0.703. The number of hydrogen-bond donors (Lipinski definition) is 0. The molecule has 1 nitrogen and oxygen atoms in total. The van der Waals surface area contributed by atoms with Gasteiger partial charge in [0.25, 0.3) is 0 Å². The number of anilines is 2. The quantitative estimate of drug-likeness (QED) is 0.203. The third-order valence-corrected chi connectivity index (χ3v) is 10.1. The van der Waals surface area contributed by atoms with Gasteiger partial charge in [0.15, 0.2) is 0 Å². The second-order valence-electron chi connectivity index (χ2n) is 12.4. The van der Waals surface area contributed by atoms with E-state index in [4.69, 9.17) is 0 Å². The third kappa shape index (κ3) is 3.80. The highest BCUT2D eigenvalue weighted by Gasteiger charge is 2.33. The minimum Gasteiger partial charge on any atom is -0.333 e. The molecule has 1 heteroatoms. The van der Waals surface area contributed by atoms with E-state index in [0.29, 0.717) is 0 Å². The van der Waals surface area contributed by atoms with Crippen molar-refractivity contribution >= 4 is 44.9 Å². The standard InChI is InChI=1S/C44H33N/c1-3-32-37-21-12-22-39-36-26-25-31(27-40(36)43(32)28(2)33-17-8-9-20-38(33)44(37)39)45(41-23-10-15-29-13-4-6-18-34(29)41)42-24-11-16-30-14-5-7-19-35(30)42/h3-23,25-27,42H,24H2,1-2H3/b32-3-. The van der Waals surface area contributed by atoms with Crippen molar-refractivity contribution in [1.29, 1.82) is 0 Å². The summed E-state index contributed by atoms with van der Waals surface area (Å²) in [5.41, 5.74) is 18.4. The van der Waals surface area contributed by atoms with Gasteiger partial charge in [0, 0.05) is 16.8 Å². The number of nitrogens with zero attached hydrogens (tertiary/aromatic N) is 1. The summed E-state index contributed by atoms with van der Waals surface area (Å²) in [6, 6.07) is 47.6. The third-order valence-electron chi connectivity index (χ3n) is 10.1. The molecule has 0 aromatic heterocycles. The number of hydrogen-bond acceptors (Lipinski definition) is 1. The van der Waals surface area contributed by atoms with Gasteiger partial charge >= 0.3 is 0 Å². The van der Waals surface area contributed by atoms with Crippen LogP contribution in [0.3, 0.4) is 0 Å². The molecular weight excluding hydrogens is 542 g/mol. The maximum absolute atomic E-state index is 2.61. The fourth-order valence-electron chi connectivity index (χ4n) is 8.13. The van der Waals surface area contributed by atoms with Crippen molar-refractivity contribution in [3.05, 3.63) is 167 Å². The van der Waals surface area contributed by atoms with Crippen LogP contribution in [0.5, 0.6) is 0 Å². The molecule has 45 heavy (non-hydrogen) atoms. The van der Waals surface area contributed by atoms with Crippen LogP contribution in [0.4, 0.5) is 11.4 Å². The molecule has 1 atom stereocenters. The van der Waals surface area contributed by atoms with Crippen LogP contribution < -0.4 is 4.90 Å². The summed E-state index contributed by atoms with van der Waals surface area (Å²) in [7, 11) is 0. The van der Waals surface area contributed by atoms with Gasteiger partial charge in [-0.3, -0.25) is 0 Å². The summed E-state index contributed by atoms with van der Waals surface area (Å²) in [5, 5.41) is 2.53. The van der Waals surface area contributed by atoms with Crippen molar-refractivity contribution in [3.63, 3.8) is 0 Å². The molecule has 4 bridgehead atoms. The zero-order valence-corrected chi connectivity index (χ0v) is 25.6. The normalized spacial score (nSPS) is 16.7. The van der Waals surface area contributed by atoms with E-state index in [0.717, 1.165) is 6.42 Å². The van der Waals surface area contributed by atoms with Crippen LogP contribution in [-0.2, 0) is 0 Å². The summed E-state index contributed by atoms with van der Waals surface area (Å²) < 4.78 is 0. The highest BCUT2D eigenvalue weighted by molar-refractivity contribution is 6.24. The second-order valence-corrected chi connectivity index (χ2v) is 12.4. The Morgan fingerprint density at radius 3 is 2.29 bits per heavy atom. The lowest BCUT2D eigenvalue weighted by Crippen LogP contribution is -2.25. The Hall–Kier alpha value is -5.40. The van der Waals surface area contributed by atoms with Gasteiger partial charge in [-0.1, -0.05) is 127 Å². The Morgan fingerprint density at radius 1 is 0.644 bits per heavy atom. The molecular formula is C44H33N. The molecule has 0 saturated carbocycles. The smallest absolute Gasteiger partial charge is 0.0632 e. The molecule has 3 aliphatic rings. The molecule has 0 spiro atoms. The van der Waals surface area contributed by atoms with Crippen molar-refractivity contribution in [3.8, 4) is 22.3 Å². The number of allylic oxidation sites excluding steroid dienone is 4. The zero-order valence-electron chi connectivity index (χ0n) is 25.6. The predicted molar refractivity (Wildman–Crippen MR) is 192 cm³/mol.